The number of hydrogen-bond acceptors (Lipinski definition) is 3. The Hall–Kier alpha value is -0.420. The van der Waals surface area contributed by atoms with Gasteiger partial charge < -0.3 is 10.4 Å². The first kappa shape index (κ1) is 11.1. The van der Waals surface area contributed by atoms with Gasteiger partial charge in [-0.1, -0.05) is 22.9 Å². The van der Waals surface area contributed by atoms with E-state index in [2.05, 4.69) is 21.2 Å². The molecule has 4 atom stereocenters. The Bertz CT molecular complexity index is 320. The number of rotatable bonds is 1. The van der Waals surface area contributed by atoms with Crippen molar-refractivity contribution in [3.63, 3.8) is 0 Å². The van der Waals surface area contributed by atoms with Gasteiger partial charge in [-0.3, -0.25) is 9.59 Å². The highest BCUT2D eigenvalue weighted by Gasteiger charge is 2.54. The largest absolute Gasteiger partial charge is 0.379 e. The Labute approximate surface area is 96.5 Å². The van der Waals surface area contributed by atoms with E-state index in [9.17, 15) is 14.7 Å². The first-order valence-electron chi connectivity index (χ1n) is 5.20. The van der Waals surface area contributed by atoms with Crippen LogP contribution in [0, 0.1) is 5.92 Å². The Morgan fingerprint density at radius 1 is 1.53 bits per heavy atom. The van der Waals surface area contributed by atoms with Crippen LogP contribution in [0.25, 0.3) is 0 Å². The number of hydrogen-bond donors (Lipinski definition) is 2. The fourth-order valence-corrected chi connectivity index (χ4v) is 3.28. The Kier molecular flexibility index (Phi) is 2.63. The third-order valence-electron chi connectivity index (χ3n) is 3.51. The molecule has 15 heavy (non-hydrogen) atoms. The minimum atomic E-state index is -1.50. The van der Waals surface area contributed by atoms with E-state index in [4.69, 9.17) is 0 Å². The molecule has 0 radical (unpaired) electrons. The lowest BCUT2D eigenvalue weighted by Gasteiger charge is -2.45. The molecule has 1 aliphatic carbocycles. The van der Waals surface area contributed by atoms with E-state index >= 15 is 0 Å². The minimum absolute atomic E-state index is 0.0244. The van der Waals surface area contributed by atoms with Crippen molar-refractivity contribution < 1.29 is 14.7 Å². The molecule has 2 fully saturated rings. The van der Waals surface area contributed by atoms with Crippen molar-refractivity contribution in [3.8, 4) is 0 Å². The molecule has 4 nitrogen and oxygen atoms in total. The van der Waals surface area contributed by atoms with E-state index in [-0.39, 0.29) is 29.0 Å². The summed E-state index contributed by atoms with van der Waals surface area (Å²) in [5.41, 5.74) is -1.50. The third-order valence-corrected chi connectivity index (χ3v) is 4.33. The second kappa shape index (κ2) is 3.56. The van der Waals surface area contributed by atoms with E-state index < -0.39 is 11.5 Å². The number of halogens is 1. The van der Waals surface area contributed by atoms with E-state index in [1.807, 2.05) is 0 Å². The maximum atomic E-state index is 11.9. The van der Waals surface area contributed by atoms with Gasteiger partial charge in [0.15, 0.2) is 11.4 Å². The van der Waals surface area contributed by atoms with Crippen molar-refractivity contribution in [2.75, 3.05) is 0 Å². The quantitative estimate of drug-likeness (QED) is 0.680. The zero-order chi connectivity index (χ0) is 11.2. The van der Waals surface area contributed by atoms with Crippen molar-refractivity contribution in [2.24, 2.45) is 5.92 Å². The molecule has 1 aliphatic heterocycles. The summed E-state index contributed by atoms with van der Waals surface area (Å²) in [4.78, 5) is 23.3. The summed E-state index contributed by atoms with van der Waals surface area (Å²) in [6.45, 7) is 1.73. The number of amides is 1. The van der Waals surface area contributed by atoms with Crippen LogP contribution >= 0.6 is 15.9 Å². The monoisotopic (exact) mass is 275 g/mol. The standard InChI is InChI=1S/C10H14BrNO3/c1-2-10(15)6-3-5(12-9(10)14)4-7(11)8(6)13/h5-7,15H,2-4H2,1H3,(H,12,14)/t5-,6+,7+,10-/m0/s1. The molecule has 2 aliphatic rings. The highest BCUT2D eigenvalue weighted by atomic mass is 79.9. The van der Waals surface area contributed by atoms with Gasteiger partial charge in [0.05, 0.1) is 10.7 Å². The number of piperidine rings is 1. The van der Waals surface area contributed by atoms with E-state index in [0.29, 0.717) is 12.8 Å². The molecule has 5 heteroatoms. The molecule has 1 heterocycles. The number of ketones is 1. The molecule has 1 saturated carbocycles. The Morgan fingerprint density at radius 2 is 2.20 bits per heavy atom. The van der Waals surface area contributed by atoms with Crippen molar-refractivity contribution in [1.29, 1.82) is 0 Å². The van der Waals surface area contributed by atoms with Crippen LogP contribution in [0.1, 0.15) is 26.2 Å². The van der Waals surface area contributed by atoms with Crippen molar-refractivity contribution in [1.82, 2.24) is 5.32 Å². The molecule has 2 bridgehead atoms. The summed E-state index contributed by atoms with van der Waals surface area (Å²) in [6.07, 6.45) is 1.47. The Balaban J connectivity index is 2.34. The normalized spacial score (nSPS) is 45.1. The topological polar surface area (TPSA) is 66.4 Å². The number of carbonyl (C=O) groups is 2. The van der Waals surface area contributed by atoms with Crippen molar-refractivity contribution in [3.05, 3.63) is 0 Å². The van der Waals surface area contributed by atoms with Crippen molar-refractivity contribution in [2.45, 2.75) is 42.7 Å². The molecule has 0 spiro atoms. The lowest BCUT2D eigenvalue weighted by molar-refractivity contribution is -0.162. The number of fused-ring (bicyclic) bond motifs is 2. The van der Waals surface area contributed by atoms with Gasteiger partial charge in [-0.05, 0) is 19.3 Å². The van der Waals surface area contributed by atoms with Crippen LogP contribution < -0.4 is 5.32 Å². The molecule has 84 valence electrons. The number of aliphatic hydroxyl groups is 1. The summed E-state index contributed by atoms with van der Waals surface area (Å²) in [6, 6.07) is 0.0244. The maximum absolute atomic E-state index is 11.9. The van der Waals surface area contributed by atoms with Crippen LogP contribution in [0.5, 0.6) is 0 Å². The van der Waals surface area contributed by atoms with Crippen LogP contribution in [-0.4, -0.2) is 33.3 Å². The van der Waals surface area contributed by atoms with Gasteiger partial charge in [-0.25, -0.2) is 0 Å². The second-order valence-corrected chi connectivity index (χ2v) is 5.45. The van der Waals surface area contributed by atoms with Gasteiger partial charge in [-0.2, -0.15) is 0 Å². The SMILES string of the molecule is CC[C@@]1(O)C(=O)N[C@@H]2C[C@@H](Br)C(=O)[C@H]1C2. The van der Waals surface area contributed by atoms with Crippen LogP contribution in [0.15, 0.2) is 0 Å². The van der Waals surface area contributed by atoms with Crippen LogP contribution in [0.4, 0.5) is 0 Å². The summed E-state index contributed by atoms with van der Waals surface area (Å²) in [5, 5.41) is 13.0. The lowest BCUT2D eigenvalue weighted by atomic mass is 9.69. The van der Waals surface area contributed by atoms with Gasteiger partial charge in [0, 0.05) is 6.04 Å². The fraction of sp³-hybridized carbons (Fsp3) is 0.800. The predicted octanol–water partition coefficient (Wildman–Crippen LogP) is 0.368. The van der Waals surface area contributed by atoms with Crippen molar-refractivity contribution >= 4 is 27.6 Å². The zero-order valence-corrected chi connectivity index (χ0v) is 10.1. The molecule has 0 aromatic heterocycles. The summed E-state index contributed by atoms with van der Waals surface area (Å²) < 4.78 is 0. The summed E-state index contributed by atoms with van der Waals surface area (Å²) in [5.74, 6) is -0.969. The molecular weight excluding hydrogens is 262 g/mol. The van der Waals surface area contributed by atoms with Crippen LogP contribution in [0.2, 0.25) is 0 Å². The maximum Gasteiger partial charge on any atom is 0.252 e. The molecule has 1 amide bonds. The van der Waals surface area contributed by atoms with E-state index in [1.54, 1.807) is 6.92 Å². The van der Waals surface area contributed by atoms with E-state index in [1.165, 1.54) is 0 Å². The number of Topliss-reactive ketones (excluding diaryl/α,β-unsaturated/α-hetero) is 1. The first-order chi connectivity index (χ1) is 6.99. The molecule has 1 saturated heterocycles. The molecule has 2 rings (SSSR count). The molecular formula is C10H14BrNO3. The number of nitrogens with one attached hydrogen (secondary N) is 1. The van der Waals surface area contributed by atoms with Gasteiger partial charge in [0.1, 0.15) is 0 Å². The third kappa shape index (κ3) is 1.52. The fourth-order valence-electron chi connectivity index (χ4n) is 2.50. The molecule has 0 unspecified atom stereocenters. The molecule has 0 aromatic rings. The highest BCUT2D eigenvalue weighted by molar-refractivity contribution is 9.10. The lowest BCUT2D eigenvalue weighted by Crippen LogP contribution is -2.65. The first-order valence-corrected chi connectivity index (χ1v) is 6.11. The average Bonchev–Trinajstić information content (AvgIpc) is 2.20. The highest BCUT2D eigenvalue weighted by Crippen LogP contribution is 2.38. The number of alkyl halides is 1. The zero-order valence-electron chi connectivity index (χ0n) is 8.50. The molecule has 2 N–H and O–H groups in total. The number of carbonyl (C=O) groups excluding carboxylic acids is 2. The molecule has 0 aromatic carbocycles. The minimum Gasteiger partial charge on any atom is -0.379 e. The second-order valence-electron chi connectivity index (χ2n) is 4.34. The summed E-state index contributed by atoms with van der Waals surface area (Å²) >= 11 is 3.30. The van der Waals surface area contributed by atoms with Crippen LogP contribution in [0.3, 0.4) is 0 Å². The van der Waals surface area contributed by atoms with Gasteiger partial charge in [0.25, 0.3) is 5.91 Å². The van der Waals surface area contributed by atoms with Gasteiger partial charge in [0.2, 0.25) is 0 Å². The van der Waals surface area contributed by atoms with Gasteiger partial charge >= 0.3 is 0 Å². The Morgan fingerprint density at radius 3 is 2.80 bits per heavy atom. The van der Waals surface area contributed by atoms with Gasteiger partial charge in [-0.15, -0.1) is 0 Å². The van der Waals surface area contributed by atoms with E-state index in [0.717, 1.165) is 0 Å². The summed E-state index contributed by atoms with van der Waals surface area (Å²) in [7, 11) is 0. The predicted molar refractivity (Wildman–Crippen MR) is 57.6 cm³/mol. The average molecular weight is 276 g/mol. The smallest absolute Gasteiger partial charge is 0.252 e. The van der Waals surface area contributed by atoms with Crippen LogP contribution in [-0.2, 0) is 9.59 Å².